The summed E-state index contributed by atoms with van der Waals surface area (Å²) in [6.45, 7) is 1.93. The standard InChI is InChI=1S/C15H11ClFN/c1-10-9-12(6-5-11(10)7-8-18)13-3-2-4-14(17)15(13)16/h2-6,9H,7H2,1H3. The first-order valence-corrected chi connectivity index (χ1v) is 5.92. The summed E-state index contributed by atoms with van der Waals surface area (Å²) in [6.07, 6.45) is 0.378. The van der Waals surface area contributed by atoms with Gasteiger partial charge in [0.2, 0.25) is 0 Å². The molecule has 0 N–H and O–H groups in total. The maximum absolute atomic E-state index is 13.4. The molecule has 0 aliphatic carbocycles. The molecule has 2 aromatic rings. The van der Waals surface area contributed by atoms with Gasteiger partial charge in [0.1, 0.15) is 5.82 Å². The van der Waals surface area contributed by atoms with E-state index in [1.165, 1.54) is 6.07 Å². The Morgan fingerprint density at radius 3 is 2.72 bits per heavy atom. The average molecular weight is 260 g/mol. The molecule has 0 bridgehead atoms. The predicted molar refractivity (Wildman–Crippen MR) is 70.9 cm³/mol. The second-order valence-corrected chi connectivity index (χ2v) is 4.46. The normalized spacial score (nSPS) is 10.1. The first-order chi connectivity index (χ1) is 8.63. The summed E-state index contributed by atoms with van der Waals surface area (Å²) in [4.78, 5) is 0. The lowest BCUT2D eigenvalue weighted by atomic mass is 9.98. The van der Waals surface area contributed by atoms with E-state index in [9.17, 15) is 4.39 Å². The highest BCUT2D eigenvalue weighted by atomic mass is 35.5. The van der Waals surface area contributed by atoms with Gasteiger partial charge in [0, 0.05) is 5.56 Å². The second-order valence-electron chi connectivity index (χ2n) is 4.08. The van der Waals surface area contributed by atoms with Gasteiger partial charge in [-0.2, -0.15) is 5.26 Å². The van der Waals surface area contributed by atoms with Crippen LogP contribution >= 0.6 is 11.6 Å². The van der Waals surface area contributed by atoms with Crippen LogP contribution in [0.5, 0.6) is 0 Å². The Kier molecular flexibility index (Phi) is 3.64. The lowest BCUT2D eigenvalue weighted by molar-refractivity contribution is 0.629. The van der Waals surface area contributed by atoms with Gasteiger partial charge in [0.05, 0.1) is 17.5 Å². The van der Waals surface area contributed by atoms with E-state index in [0.29, 0.717) is 12.0 Å². The van der Waals surface area contributed by atoms with Gasteiger partial charge in [-0.15, -0.1) is 0 Å². The second kappa shape index (κ2) is 5.20. The van der Waals surface area contributed by atoms with Crippen molar-refractivity contribution < 1.29 is 4.39 Å². The number of hydrogen-bond donors (Lipinski definition) is 0. The number of aryl methyl sites for hydroxylation is 1. The lowest BCUT2D eigenvalue weighted by Gasteiger charge is -2.08. The molecule has 0 atom stereocenters. The molecule has 2 aromatic carbocycles. The highest BCUT2D eigenvalue weighted by Crippen LogP contribution is 2.31. The summed E-state index contributed by atoms with van der Waals surface area (Å²) in [7, 11) is 0. The van der Waals surface area contributed by atoms with Gasteiger partial charge in [-0.1, -0.05) is 41.9 Å². The lowest BCUT2D eigenvalue weighted by Crippen LogP contribution is -1.90. The van der Waals surface area contributed by atoms with Gasteiger partial charge >= 0.3 is 0 Å². The molecule has 0 aromatic heterocycles. The van der Waals surface area contributed by atoms with Gasteiger partial charge < -0.3 is 0 Å². The fourth-order valence-electron chi connectivity index (χ4n) is 1.87. The maximum Gasteiger partial charge on any atom is 0.142 e. The first-order valence-electron chi connectivity index (χ1n) is 5.54. The van der Waals surface area contributed by atoms with E-state index in [1.54, 1.807) is 12.1 Å². The highest BCUT2D eigenvalue weighted by Gasteiger charge is 2.09. The summed E-state index contributed by atoms with van der Waals surface area (Å²) in [5, 5.41) is 8.82. The van der Waals surface area contributed by atoms with Crippen molar-refractivity contribution in [2.45, 2.75) is 13.3 Å². The van der Waals surface area contributed by atoms with Gasteiger partial charge in [-0.05, 0) is 29.7 Å². The van der Waals surface area contributed by atoms with E-state index in [2.05, 4.69) is 6.07 Å². The summed E-state index contributed by atoms with van der Waals surface area (Å²) in [5.41, 5.74) is 3.52. The Morgan fingerprint density at radius 1 is 1.28 bits per heavy atom. The molecule has 90 valence electrons. The van der Waals surface area contributed by atoms with Crippen LogP contribution in [0.3, 0.4) is 0 Å². The number of rotatable bonds is 2. The molecule has 0 fully saturated rings. The summed E-state index contributed by atoms with van der Waals surface area (Å²) in [5.74, 6) is -0.423. The monoisotopic (exact) mass is 259 g/mol. The molecule has 2 rings (SSSR count). The fourth-order valence-corrected chi connectivity index (χ4v) is 2.11. The molecule has 0 spiro atoms. The zero-order valence-corrected chi connectivity index (χ0v) is 10.6. The van der Waals surface area contributed by atoms with Crippen LogP contribution in [0.1, 0.15) is 11.1 Å². The third-order valence-electron chi connectivity index (χ3n) is 2.87. The predicted octanol–water partition coefficient (Wildman–Crippen LogP) is 4.52. The minimum absolute atomic E-state index is 0.130. The van der Waals surface area contributed by atoms with Crippen LogP contribution in [0.4, 0.5) is 4.39 Å². The molecule has 3 heteroatoms. The SMILES string of the molecule is Cc1cc(-c2cccc(F)c2Cl)ccc1CC#N. The number of nitriles is 1. The van der Waals surface area contributed by atoms with Crippen LogP contribution in [-0.2, 0) is 6.42 Å². The number of halogens is 2. The molecule has 0 saturated carbocycles. The Bertz CT molecular complexity index is 629. The van der Waals surface area contributed by atoms with Crippen LogP contribution in [0.25, 0.3) is 11.1 Å². The summed E-state index contributed by atoms with van der Waals surface area (Å²) < 4.78 is 13.4. The van der Waals surface area contributed by atoms with Gasteiger partial charge in [0.15, 0.2) is 0 Å². The molecule has 1 nitrogen and oxygen atoms in total. The number of benzene rings is 2. The van der Waals surface area contributed by atoms with Gasteiger partial charge in [-0.25, -0.2) is 4.39 Å². The van der Waals surface area contributed by atoms with Crippen molar-refractivity contribution in [2.24, 2.45) is 0 Å². The van der Waals surface area contributed by atoms with Crippen LogP contribution in [0.15, 0.2) is 36.4 Å². The van der Waals surface area contributed by atoms with E-state index >= 15 is 0 Å². The smallest absolute Gasteiger partial charge is 0.142 e. The quantitative estimate of drug-likeness (QED) is 0.778. The largest absolute Gasteiger partial charge is 0.205 e. The molecule has 0 unspecified atom stereocenters. The topological polar surface area (TPSA) is 23.8 Å². The van der Waals surface area contributed by atoms with Crippen molar-refractivity contribution in [3.05, 3.63) is 58.4 Å². The van der Waals surface area contributed by atoms with E-state index in [0.717, 1.165) is 16.7 Å². The summed E-state index contributed by atoms with van der Waals surface area (Å²) >= 11 is 5.95. The average Bonchev–Trinajstić information content (AvgIpc) is 2.35. The van der Waals surface area contributed by atoms with Crippen molar-refractivity contribution in [3.63, 3.8) is 0 Å². The molecule has 0 aliphatic rings. The fraction of sp³-hybridized carbons (Fsp3) is 0.133. The molecule has 0 aliphatic heterocycles. The Morgan fingerprint density at radius 2 is 2.06 bits per heavy atom. The minimum Gasteiger partial charge on any atom is -0.205 e. The molecule has 0 amide bonds. The first kappa shape index (κ1) is 12.6. The Labute approximate surface area is 110 Å². The van der Waals surface area contributed by atoms with Gasteiger partial charge in [0.25, 0.3) is 0 Å². The minimum atomic E-state index is -0.423. The molecule has 18 heavy (non-hydrogen) atoms. The zero-order chi connectivity index (χ0) is 13.1. The van der Waals surface area contributed by atoms with E-state index in [-0.39, 0.29) is 5.02 Å². The molecule has 0 saturated heterocycles. The third-order valence-corrected chi connectivity index (χ3v) is 3.26. The van der Waals surface area contributed by atoms with Crippen molar-refractivity contribution in [1.82, 2.24) is 0 Å². The number of nitrogens with zero attached hydrogens (tertiary/aromatic N) is 1. The van der Waals surface area contributed by atoms with Gasteiger partial charge in [-0.3, -0.25) is 0 Å². The molecule has 0 radical (unpaired) electrons. The molecule has 0 heterocycles. The molecular formula is C15H11ClFN. The summed E-state index contributed by atoms with van der Waals surface area (Å²) in [6, 6.07) is 12.5. The van der Waals surface area contributed by atoms with Crippen molar-refractivity contribution in [2.75, 3.05) is 0 Å². The third kappa shape index (κ3) is 2.37. The highest BCUT2D eigenvalue weighted by molar-refractivity contribution is 6.33. The van der Waals surface area contributed by atoms with E-state index < -0.39 is 5.82 Å². The van der Waals surface area contributed by atoms with Crippen molar-refractivity contribution in [3.8, 4) is 17.2 Å². The van der Waals surface area contributed by atoms with E-state index in [4.69, 9.17) is 16.9 Å². The van der Waals surface area contributed by atoms with Crippen molar-refractivity contribution in [1.29, 1.82) is 5.26 Å². The van der Waals surface area contributed by atoms with Crippen LogP contribution in [0.2, 0.25) is 5.02 Å². The maximum atomic E-state index is 13.4. The Balaban J connectivity index is 2.50. The van der Waals surface area contributed by atoms with E-state index in [1.807, 2.05) is 25.1 Å². The van der Waals surface area contributed by atoms with Crippen LogP contribution < -0.4 is 0 Å². The van der Waals surface area contributed by atoms with Crippen LogP contribution in [-0.4, -0.2) is 0 Å². The molecular weight excluding hydrogens is 249 g/mol. The Hall–Kier alpha value is -1.85. The number of hydrogen-bond acceptors (Lipinski definition) is 1. The van der Waals surface area contributed by atoms with Crippen molar-refractivity contribution >= 4 is 11.6 Å². The van der Waals surface area contributed by atoms with Crippen LogP contribution in [0, 0.1) is 24.1 Å². The zero-order valence-electron chi connectivity index (χ0n) is 9.87.